The van der Waals surface area contributed by atoms with Crippen LogP contribution in [0.5, 0.6) is 0 Å². The zero-order valence-electron chi connectivity index (χ0n) is 16.8. The minimum Gasteiger partial charge on any atom is -0.370 e. The van der Waals surface area contributed by atoms with Crippen molar-refractivity contribution in [1.82, 2.24) is 24.7 Å². The summed E-state index contributed by atoms with van der Waals surface area (Å²) in [6.45, 7) is 0.966. The summed E-state index contributed by atoms with van der Waals surface area (Å²) in [5.41, 5.74) is 0.577. The largest absolute Gasteiger partial charge is 0.433 e. The number of nitrogens with zero attached hydrogens (tertiary/aromatic N) is 6. The molecule has 0 amide bonds. The zero-order valence-corrected chi connectivity index (χ0v) is 16.8. The molecule has 3 aromatic rings. The van der Waals surface area contributed by atoms with Gasteiger partial charge in [0.15, 0.2) is 5.65 Å². The fourth-order valence-corrected chi connectivity index (χ4v) is 4.76. The first-order valence-electron chi connectivity index (χ1n) is 10.3. The van der Waals surface area contributed by atoms with Crippen LogP contribution in [0.2, 0.25) is 0 Å². The maximum absolute atomic E-state index is 12.7. The Balaban J connectivity index is 1.21. The molecular formula is C20H20F5N7. The average molecular weight is 453 g/mol. The van der Waals surface area contributed by atoms with Gasteiger partial charge in [-0.1, -0.05) is 0 Å². The van der Waals surface area contributed by atoms with Gasteiger partial charge in [-0.2, -0.15) is 18.3 Å². The molecule has 1 aliphatic carbocycles. The Labute approximate surface area is 179 Å². The number of rotatable bonds is 5. The van der Waals surface area contributed by atoms with E-state index in [2.05, 4.69) is 30.3 Å². The molecule has 1 N–H and O–H groups in total. The van der Waals surface area contributed by atoms with Gasteiger partial charge in [-0.3, -0.25) is 0 Å². The summed E-state index contributed by atoms with van der Waals surface area (Å²) >= 11 is 0. The van der Waals surface area contributed by atoms with Crippen LogP contribution in [0.15, 0.2) is 30.7 Å². The van der Waals surface area contributed by atoms with Crippen LogP contribution in [-0.2, 0) is 12.7 Å². The second-order valence-corrected chi connectivity index (χ2v) is 8.32. The minimum atomic E-state index is -4.44. The summed E-state index contributed by atoms with van der Waals surface area (Å²) in [5.74, 6) is 1.31. The van der Waals surface area contributed by atoms with E-state index in [-0.39, 0.29) is 6.04 Å². The molecule has 170 valence electrons. The molecule has 7 nitrogen and oxygen atoms in total. The predicted octanol–water partition coefficient (Wildman–Crippen LogP) is 3.83. The van der Waals surface area contributed by atoms with Gasteiger partial charge in [0.25, 0.3) is 6.43 Å². The van der Waals surface area contributed by atoms with E-state index in [9.17, 15) is 22.0 Å². The fraction of sp³-hybridized carbons (Fsp3) is 0.500. The molecule has 1 saturated carbocycles. The van der Waals surface area contributed by atoms with Crippen LogP contribution in [0.1, 0.15) is 18.5 Å². The normalized spacial score (nSPS) is 23.3. The standard InChI is InChI=1S/C20H20F5N7/c21-17(22)10-32-19-15(6-28-32)26-7-18(30-19)29-13-3-11-8-31(9-12(11)4-13)14-1-2-16(27-5-14)20(23,24)25/h1-2,5-7,11-13,17H,3-4,8-10H2,(H,29,30)/t11-,12+,13?. The lowest BCUT2D eigenvalue weighted by Crippen LogP contribution is -2.25. The van der Waals surface area contributed by atoms with Crippen LogP contribution in [0.4, 0.5) is 33.5 Å². The average Bonchev–Trinajstić information content (AvgIpc) is 3.41. The van der Waals surface area contributed by atoms with Crippen LogP contribution in [0, 0.1) is 11.8 Å². The van der Waals surface area contributed by atoms with E-state index < -0.39 is 24.8 Å². The molecule has 32 heavy (non-hydrogen) atoms. The Morgan fingerprint density at radius 3 is 2.41 bits per heavy atom. The molecule has 3 atom stereocenters. The van der Waals surface area contributed by atoms with Crippen molar-refractivity contribution in [3.05, 3.63) is 36.4 Å². The molecule has 1 saturated heterocycles. The summed E-state index contributed by atoms with van der Waals surface area (Å²) < 4.78 is 64.8. The van der Waals surface area contributed by atoms with Crippen molar-refractivity contribution in [2.45, 2.75) is 38.0 Å². The molecule has 4 heterocycles. The molecule has 0 bridgehead atoms. The van der Waals surface area contributed by atoms with Crippen LogP contribution < -0.4 is 10.2 Å². The van der Waals surface area contributed by atoms with Gasteiger partial charge in [0.05, 0.1) is 24.3 Å². The molecule has 1 unspecified atom stereocenters. The van der Waals surface area contributed by atoms with Gasteiger partial charge in [-0.25, -0.2) is 28.4 Å². The van der Waals surface area contributed by atoms with E-state index >= 15 is 0 Å². The minimum absolute atomic E-state index is 0.163. The SMILES string of the molecule is FC(F)Cn1ncc2ncc(NC3C[C@@H]4CN(c5ccc(C(F)(F)F)nc5)C[C@@H]4C3)nc21. The number of anilines is 2. The van der Waals surface area contributed by atoms with E-state index in [1.54, 1.807) is 6.20 Å². The molecule has 5 rings (SSSR count). The summed E-state index contributed by atoms with van der Waals surface area (Å²) in [6, 6.07) is 2.65. The summed E-state index contributed by atoms with van der Waals surface area (Å²) in [4.78, 5) is 14.3. The Hall–Kier alpha value is -3.05. The van der Waals surface area contributed by atoms with E-state index in [1.807, 2.05) is 0 Å². The smallest absolute Gasteiger partial charge is 0.370 e. The third-order valence-corrected chi connectivity index (χ3v) is 6.16. The van der Waals surface area contributed by atoms with Crippen molar-refractivity contribution >= 4 is 22.7 Å². The third kappa shape index (κ3) is 4.05. The second kappa shape index (κ2) is 7.82. The number of fused-ring (bicyclic) bond motifs is 2. The molecule has 0 radical (unpaired) electrons. The van der Waals surface area contributed by atoms with Crippen molar-refractivity contribution in [2.75, 3.05) is 23.3 Å². The first-order chi connectivity index (χ1) is 15.3. The fourth-order valence-electron chi connectivity index (χ4n) is 4.76. The van der Waals surface area contributed by atoms with Gasteiger partial charge in [0, 0.05) is 19.1 Å². The van der Waals surface area contributed by atoms with Crippen LogP contribution >= 0.6 is 0 Å². The lowest BCUT2D eigenvalue weighted by Gasteiger charge is -2.22. The van der Waals surface area contributed by atoms with Crippen molar-refractivity contribution in [3.63, 3.8) is 0 Å². The maximum Gasteiger partial charge on any atom is 0.433 e. The van der Waals surface area contributed by atoms with Crippen molar-refractivity contribution in [2.24, 2.45) is 11.8 Å². The summed E-state index contributed by atoms with van der Waals surface area (Å²) in [6.07, 6.45) is -0.941. The molecule has 2 fully saturated rings. The van der Waals surface area contributed by atoms with Gasteiger partial charge >= 0.3 is 6.18 Å². The number of halogens is 5. The quantitative estimate of drug-likeness (QED) is 0.592. The van der Waals surface area contributed by atoms with Crippen LogP contribution in [0.25, 0.3) is 11.2 Å². The number of alkyl halides is 5. The van der Waals surface area contributed by atoms with E-state index in [1.165, 1.54) is 18.5 Å². The topological polar surface area (TPSA) is 71.8 Å². The lowest BCUT2D eigenvalue weighted by molar-refractivity contribution is -0.141. The zero-order chi connectivity index (χ0) is 22.5. The first kappa shape index (κ1) is 20.8. The molecule has 0 aromatic carbocycles. The van der Waals surface area contributed by atoms with Gasteiger partial charge in [0.2, 0.25) is 0 Å². The van der Waals surface area contributed by atoms with Crippen molar-refractivity contribution in [1.29, 1.82) is 0 Å². The number of hydrogen-bond donors (Lipinski definition) is 1. The number of nitrogens with one attached hydrogen (secondary N) is 1. The van der Waals surface area contributed by atoms with Gasteiger partial charge in [-0.05, 0) is 36.8 Å². The second-order valence-electron chi connectivity index (χ2n) is 8.32. The Morgan fingerprint density at radius 2 is 1.78 bits per heavy atom. The number of hydrogen-bond acceptors (Lipinski definition) is 6. The molecule has 0 spiro atoms. The highest BCUT2D eigenvalue weighted by molar-refractivity contribution is 5.71. The Kier molecular flexibility index (Phi) is 5.09. The lowest BCUT2D eigenvalue weighted by atomic mass is 10.0. The first-order valence-corrected chi connectivity index (χ1v) is 10.3. The van der Waals surface area contributed by atoms with E-state index in [0.29, 0.717) is 34.5 Å². The molecule has 2 aliphatic rings. The van der Waals surface area contributed by atoms with Crippen LogP contribution in [-0.4, -0.2) is 50.3 Å². The molecule has 12 heteroatoms. The predicted molar refractivity (Wildman–Crippen MR) is 106 cm³/mol. The number of pyridine rings is 1. The third-order valence-electron chi connectivity index (χ3n) is 6.16. The molecule has 1 aliphatic heterocycles. The highest BCUT2D eigenvalue weighted by Crippen LogP contribution is 2.41. The van der Waals surface area contributed by atoms with E-state index in [0.717, 1.165) is 36.7 Å². The Morgan fingerprint density at radius 1 is 1.03 bits per heavy atom. The molecular weight excluding hydrogens is 433 g/mol. The van der Waals surface area contributed by atoms with E-state index in [4.69, 9.17) is 0 Å². The van der Waals surface area contributed by atoms with Crippen molar-refractivity contribution in [3.8, 4) is 0 Å². The summed E-state index contributed by atoms with van der Waals surface area (Å²) in [5, 5.41) is 7.27. The highest BCUT2D eigenvalue weighted by Gasteiger charge is 2.41. The van der Waals surface area contributed by atoms with Crippen LogP contribution in [0.3, 0.4) is 0 Å². The number of aromatic nitrogens is 5. The summed E-state index contributed by atoms with van der Waals surface area (Å²) in [7, 11) is 0. The van der Waals surface area contributed by atoms with Gasteiger partial charge < -0.3 is 10.2 Å². The maximum atomic E-state index is 12.7. The monoisotopic (exact) mass is 453 g/mol. The molecule has 3 aromatic heterocycles. The van der Waals surface area contributed by atoms with Gasteiger partial charge in [0.1, 0.15) is 23.6 Å². The van der Waals surface area contributed by atoms with Crippen molar-refractivity contribution < 1.29 is 22.0 Å². The highest BCUT2D eigenvalue weighted by atomic mass is 19.4. The Bertz CT molecular complexity index is 1080. The van der Waals surface area contributed by atoms with Gasteiger partial charge in [-0.15, -0.1) is 0 Å².